The van der Waals surface area contributed by atoms with E-state index in [2.05, 4.69) is 4.98 Å². The number of aliphatic carboxylic acids is 1. The minimum Gasteiger partial charge on any atom is -0.505 e. The van der Waals surface area contributed by atoms with Crippen LogP contribution in [0.1, 0.15) is 12.1 Å². The maximum absolute atomic E-state index is 10.4. The molecule has 0 saturated heterocycles. The molecular weight excluding hydrogens is 206 g/mol. The summed E-state index contributed by atoms with van der Waals surface area (Å²) in [6.07, 6.45) is 1.86. The molecule has 0 aliphatic heterocycles. The fourth-order valence-electron chi connectivity index (χ4n) is 1.60. The van der Waals surface area contributed by atoms with E-state index in [9.17, 15) is 9.90 Å². The van der Waals surface area contributed by atoms with E-state index in [-0.39, 0.29) is 18.6 Å². The molecule has 1 aromatic carbocycles. The van der Waals surface area contributed by atoms with E-state index < -0.39 is 5.97 Å². The lowest BCUT2D eigenvalue weighted by Gasteiger charge is -2.05. The van der Waals surface area contributed by atoms with Gasteiger partial charge in [0.2, 0.25) is 0 Å². The van der Waals surface area contributed by atoms with Gasteiger partial charge in [-0.2, -0.15) is 0 Å². The molecule has 0 fully saturated rings. The molecule has 0 radical (unpaired) electrons. The normalized spacial score (nSPS) is 10.5. The van der Waals surface area contributed by atoms with Gasteiger partial charge in [-0.05, 0) is 0 Å². The second kappa shape index (κ2) is 4.18. The van der Waals surface area contributed by atoms with Gasteiger partial charge in [-0.3, -0.25) is 9.78 Å². The van der Waals surface area contributed by atoms with Crippen LogP contribution < -0.4 is 0 Å². The molecule has 2 N–H and O–H groups in total. The fraction of sp³-hybridized carbons (Fsp3) is 0.167. The summed E-state index contributed by atoms with van der Waals surface area (Å²) in [6.45, 7) is 0. The fourth-order valence-corrected chi connectivity index (χ4v) is 1.60. The number of fused-ring (bicyclic) bond motifs is 1. The smallest absolute Gasteiger partial charge is 0.303 e. The zero-order valence-electron chi connectivity index (χ0n) is 8.55. The van der Waals surface area contributed by atoms with Gasteiger partial charge >= 0.3 is 5.97 Å². The summed E-state index contributed by atoms with van der Waals surface area (Å²) in [4.78, 5) is 14.5. The van der Waals surface area contributed by atoms with Gasteiger partial charge in [-0.1, -0.05) is 24.3 Å². The first-order valence-corrected chi connectivity index (χ1v) is 4.96. The number of nitrogens with zero attached hydrogens (tertiary/aromatic N) is 1. The molecule has 82 valence electrons. The lowest BCUT2D eigenvalue weighted by atomic mass is 10.1. The molecule has 2 aromatic rings. The van der Waals surface area contributed by atoms with Crippen LogP contribution in [0.15, 0.2) is 30.5 Å². The van der Waals surface area contributed by atoms with Crippen molar-refractivity contribution in [2.24, 2.45) is 0 Å². The Bertz CT molecular complexity index is 537. The van der Waals surface area contributed by atoms with Crippen LogP contribution in [0.2, 0.25) is 0 Å². The van der Waals surface area contributed by atoms with Crippen LogP contribution in [0, 0.1) is 0 Å². The Kier molecular flexibility index (Phi) is 2.72. The number of aryl methyl sites for hydroxylation is 1. The number of carboxylic acids is 1. The van der Waals surface area contributed by atoms with Gasteiger partial charge in [0.05, 0.1) is 12.1 Å². The lowest BCUT2D eigenvalue weighted by molar-refractivity contribution is -0.136. The van der Waals surface area contributed by atoms with E-state index in [1.54, 1.807) is 12.3 Å². The summed E-state index contributed by atoms with van der Waals surface area (Å²) >= 11 is 0. The van der Waals surface area contributed by atoms with Crippen molar-refractivity contribution >= 4 is 16.7 Å². The second-order valence-corrected chi connectivity index (χ2v) is 3.53. The van der Waals surface area contributed by atoms with Crippen LogP contribution in [0.4, 0.5) is 0 Å². The van der Waals surface area contributed by atoms with Crippen LogP contribution in [0.25, 0.3) is 10.8 Å². The number of hydrogen-bond donors (Lipinski definition) is 2. The van der Waals surface area contributed by atoms with Crippen molar-refractivity contribution in [2.75, 3.05) is 0 Å². The van der Waals surface area contributed by atoms with Crippen LogP contribution >= 0.6 is 0 Å². The molecular formula is C12H11NO3. The third-order valence-corrected chi connectivity index (χ3v) is 2.42. The summed E-state index contributed by atoms with van der Waals surface area (Å²) in [5.74, 6) is -0.811. The molecule has 0 atom stereocenters. The van der Waals surface area contributed by atoms with Gasteiger partial charge < -0.3 is 10.2 Å². The molecule has 4 nitrogen and oxygen atoms in total. The Hall–Kier alpha value is -2.10. The minimum atomic E-state index is -0.894. The zero-order chi connectivity index (χ0) is 11.5. The first-order valence-electron chi connectivity index (χ1n) is 4.96. The largest absolute Gasteiger partial charge is 0.505 e. The number of carboxylic acid groups (broad SMARTS) is 1. The summed E-state index contributed by atoms with van der Waals surface area (Å²) in [6, 6.07) is 7.32. The highest BCUT2D eigenvalue weighted by Crippen LogP contribution is 2.27. The SMILES string of the molecule is O=C(O)CCc1ncc2ccccc2c1O. The Morgan fingerprint density at radius 1 is 1.31 bits per heavy atom. The average Bonchev–Trinajstić information content (AvgIpc) is 2.28. The third kappa shape index (κ3) is 1.95. The number of pyridine rings is 1. The molecule has 0 spiro atoms. The highest BCUT2D eigenvalue weighted by Gasteiger charge is 2.08. The molecule has 0 unspecified atom stereocenters. The molecule has 4 heteroatoms. The standard InChI is InChI=1S/C12H11NO3/c14-11(15)6-5-10-12(16)9-4-2-1-3-8(9)7-13-10/h1-4,7,16H,5-6H2,(H,14,15). The van der Waals surface area contributed by atoms with Crippen molar-refractivity contribution in [1.29, 1.82) is 0 Å². The minimum absolute atomic E-state index is 0.0289. The van der Waals surface area contributed by atoms with Gasteiger partial charge in [0.25, 0.3) is 0 Å². The predicted octanol–water partition coefficient (Wildman–Crippen LogP) is 1.96. The molecule has 2 rings (SSSR count). The predicted molar refractivity (Wildman–Crippen MR) is 59.4 cm³/mol. The van der Waals surface area contributed by atoms with Gasteiger partial charge in [-0.15, -0.1) is 0 Å². The molecule has 0 saturated carbocycles. The van der Waals surface area contributed by atoms with Crippen LogP contribution in [-0.4, -0.2) is 21.2 Å². The van der Waals surface area contributed by atoms with Crippen LogP contribution in [0.5, 0.6) is 5.75 Å². The number of aromatic nitrogens is 1. The molecule has 0 amide bonds. The van der Waals surface area contributed by atoms with E-state index in [1.807, 2.05) is 18.2 Å². The number of aromatic hydroxyl groups is 1. The van der Waals surface area contributed by atoms with Crippen LogP contribution in [-0.2, 0) is 11.2 Å². The molecule has 1 heterocycles. The van der Waals surface area contributed by atoms with E-state index >= 15 is 0 Å². The summed E-state index contributed by atoms with van der Waals surface area (Å²) < 4.78 is 0. The summed E-state index contributed by atoms with van der Waals surface area (Å²) in [7, 11) is 0. The molecule has 16 heavy (non-hydrogen) atoms. The number of rotatable bonds is 3. The highest BCUT2D eigenvalue weighted by atomic mass is 16.4. The molecule has 1 aromatic heterocycles. The van der Waals surface area contributed by atoms with Gasteiger partial charge in [0.15, 0.2) is 0 Å². The number of benzene rings is 1. The molecule has 0 aliphatic carbocycles. The van der Waals surface area contributed by atoms with Gasteiger partial charge in [0, 0.05) is 23.4 Å². The summed E-state index contributed by atoms with van der Waals surface area (Å²) in [5.41, 5.74) is 0.432. The third-order valence-electron chi connectivity index (χ3n) is 2.42. The maximum atomic E-state index is 10.4. The Labute approximate surface area is 92.2 Å². The van der Waals surface area contributed by atoms with Crippen molar-refractivity contribution in [3.63, 3.8) is 0 Å². The van der Waals surface area contributed by atoms with E-state index in [4.69, 9.17) is 5.11 Å². The van der Waals surface area contributed by atoms with E-state index in [1.165, 1.54) is 0 Å². The Morgan fingerprint density at radius 3 is 2.81 bits per heavy atom. The lowest BCUT2D eigenvalue weighted by Crippen LogP contribution is -1.99. The topological polar surface area (TPSA) is 70.4 Å². The van der Waals surface area contributed by atoms with Gasteiger partial charge in [-0.25, -0.2) is 0 Å². The average molecular weight is 217 g/mol. The first-order chi connectivity index (χ1) is 7.68. The van der Waals surface area contributed by atoms with E-state index in [0.29, 0.717) is 11.1 Å². The quantitative estimate of drug-likeness (QED) is 0.824. The number of hydrogen-bond acceptors (Lipinski definition) is 3. The van der Waals surface area contributed by atoms with Crippen LogP contribution in [0.3, 0.4) is 0 Å². The molecule has 0 aliphatic rings. The monoisotopic (exact) mass is 217 g/mol. The van der Waals surface area contributed by atoms with Gasteiger partial charge in [0.1, 0.15) is 5.75 Å². The second-order valence-electron chi connectivity index (χ2n) is 3.53. The van der Waals surface area contributed by atoms with Crippen molar-refractivity contribution in [1.82, 2.24) is 4.98 Å². The highest BCUT2D eigenvalue weighted by molar-refractivity contribution is 5.88. The van der Waals surface area contributed by atoms with Crippen molar-refractivity contribution in [3.05, 3.63) is 36.2 Å². The summed E-state index contributed by atoms with van der Waals surface area (Å²) in [5, 5.41) is 20.0. The first kappa shape index (κ1) is 10.4. The molecule has 0 bridgehead atoms. The van der Waals surface area contributed by atoms with Crippen molar-refractivity contribution < 1.29 is 15.0 Å². The van der Waals surface area contributed by atoms with E-state index in [0.717, 1.165) is 5.39 Å². The maximum Gasteiger partial charge on any atom is 0.303 e. The zero-order valence-corrected chi connectivity index (χ0v) is 8.55. The van der Waals surface area contributed by atoms with Crippen molar-refractivity contribution in [3.8, 4) is 5.75 Å². The Morgan fingerprint density at radius 2 is 2.06 bits per heavy atom. The number of carbonyl (C=O) groups is 1. The van der Waals surface area contributed by atoms with Crippen molar-refractivity contribution in [2.45, 2.75) is 12.8 Å². The Balaban J connectivity index is 2.40.